The first-order valence-corrected chi connectivity index (χ1v) is 11.0. The zero-order valence-corrected chi connectivity index (χ0v) is 18.9. The fourth-order valence-electron chi connectivity index (χ4n) is 3.67. The maximum Gasteiger partial charge on any atom is 0.259 e. The summed E-state index contributed by atoms with van der Waals surface area (Å²) in [7, 11) is 0. The van der Waals surface area contributed by atoms with Crippen LogP contribution in [0.2, 0.25) is 5.02 Å². The Morgan fingerprint density at radius 2 is 1.85 bits per heavy atom. The van der Waals surface area contributed by atoms with E-state index in [4.69, 9.17) is 16.3 Å². The molecule has 7 nitrogen and oxygen atoms in total. The number of hydrogen-bond acceptors (Lipinski definition) is 4. The van der Waals surface area contributed by atoms with Gasteiger partial charge in [0.1, 0.15) is 18.4 Å². The number of carbonyl (C=O) groups excluding carboxylic acids is 3. The highest BCUT2D eigenvalue weighted by Gasteiger charge is 2.38. The molecule has 1 heterocycles. The molecule has 0 fully saturated rings. The summed E-state index contributed by atoms with van der Waals surface area (Å²) in [5.41, 5.74) is 1.87. The Labute approximate surface area is 202 Å². The second kappa shape index (κ2) is 10.2. The van der Waals surface area contributed by atoms with Crippen LogP contribution < -0.4 is 20.3 Å². The van der Waals surface area contributed by atoms with Gasteiger partial charge in [0.2, 0.25) is 11.8 Å². The molecule has 3 aromatic carbocycles. The number of nitrogens with zero attached hydrogens (tertiary/aromatic N) is 1. The fraction of sp³-hybridized carbons (Fsp3) is 0.115. The number of para-hydroxylation sites is 2. The molecule has 1 aliphatic rings. The molecule has 0 aromatic heterocycles. The summed E-state index contributed by atoms with van der Waals surface area (Å²) in [6, 6.07) is 19.2. The van der Waals surface area contributed by atoms with E-state index in [1.807, 2.05) is 0 Å². The van der Waals surface area contributed by atoms with E-state index >= 15 is 0 Å². The number of hydrogen-bond donors (Lipinski definition) is 2. The molecule has 8 heteroatoms. The Morgan fingerprint density at radius 3 is 2.59 bits per heavy atom. The molecule has 3 amide bonds. The number of fused-ring (bicyclic) bond motifs is 1. The van der Waals surface area contributed by atoms with Crippen molar-refractivity contribution in [2.24, 2.45) is 0 Å². The highest BCUT2D eigenvalue weighted by Crippen LogP contribution is 2.34. The molecule has 4 rings (SSSR count). The van der Waals surface area contributed by atoms with Crippen LogP contribution in [0.1, 0.15) is 16.8 Å². The van der Waals surface area contributed by atoms with Crippen molar-refractivity contribution in [3.8, 4) is 5.75 Å². The summed E-state index contributed by atoms with van der Waals surface area (Å²) in [5, 5.41) is 6.00. The second-order valence-electron chi connectivity index (χ2n) is 7.58. The SMILES string of the molecule is C=CCOc1ccc(C(=O)N2c3ccccc3NC(=O)[C@H]2CC(=O)Nc2cccc(Cl)c2)cc1. The lowest BCUT2D eigenvalue weighted by molar-refractivity contribution is -0.122. The van der Waals surface area contributed by atoms with Gasteiger partial charge in [0.25, 0.3) is 5.91 Å². The van der Waals surface area contributed by atoms with E-state index < -0.39 is 23.8 Å². The number of carbonyl (C=O) groups is 3. The molecule has 0 bridgehead atoms. The Bertz CT molecular complexity index is 1240. The van der Waals surface area contributed by atoms with E-state index in [1.54, 1.807) is 78.9 Å². The predicted octanol–water partition coefficient (Wildman–Crippen LogP) is 4.90. The zero-order chi connectivity index (χ0) is 24.1. The Kier molecular flexibility index (Phi) is 6.94. The highest BCUT2D eigenvalue weighted by molar-refractivity contribution is 6.31. The van der Waals surface area contributed by atoms with Gasteiger partial charge in [-0.25, -0.2) is 0 Å². The Morgan fingerprint density at radius 1 is 1.09 bits per heavy atom. The lowest BCUT2D eigenvalue weighted by atomic mass is 10.0. The number of amides is 3. The molecule has 1 aliphatic heterocycles. The van der Waals surface area contributed by atoms with Crippen LogP contribution in [0.4, 0.5) is 17.1 Å². The van der Waals surface area contributed by atoms with Crippen molar-refractivity contribution in [2.75, 3.05) is 22.1 Å². The maximum atomic E-state index is 13.6. The highest BCUT2D eigenvalue weighted by atomic mass is 35.5. The average Bonchev–Trinajstić information content (AvgIpc) is 2.83. The predicted molar refractivity (Wildman–Crippen MR) is 133 cm³/mol. The third-order valence-corrected chi connectivity index (χ3v) is 5.45. The monoisotopic (exact) mass is 475 g/mol. The van der Waals surface area contributed by atoms with E-state index in [-0.39, 0.29) is 6.42 Å². The van der Waals surface area contributed by atoms with Gasteiger partial charge < -0.3 is 15.4 Å². The molecule has 0 radical (unpaired) electrons. The van der Waals surface area contributed by atoms with Crippen LogP contribution in [0.15, 0.2) is 85.5 Å². The summed E-state index contributed by atoms with van der Waals surface area (Å²) in [6.45, 7) is 3.95. The molecule has 3 aromatic rings. The van der Waals surface area contributed by atoms with Crippen molar-refractivity contribution < 1.29 is 19.1 Å². The molecule has 34 heavy (non-hydrogen) atoms. The topological polar surface area (TPSA) is 87.7 Å². The van der Waals surface area contributed by atoms with Gasteiger partial charge in [0.05, 0.1) is 17.8 Å². The van der Waals surface area contributed by atoms with Crippen molar-refractivity contribution >= 4 is 46.4 Å². The van der Waals surface area contributed by atoms with Gasteiger partial charge in [-0.1, -0.05) is 42.5 Å². The number of halogens is 1. The van der Waals surface area contributed by atoms with Gasteiger partial charge in [0, 0.05) is 16.3 Å². The van der Waals surface area contributed by atoms with E-state index in [1.165, 1.54) is 4.90 Å². The minimum Gasteiger partial charge on any atom is -0.490 e. The van der Waals surface area contributed by atoms with E-state index in [0.29, 0.717) is 40.0 Å². The average molecular weight is 476 g/mol. The summed E-state index contributed by atoms with van der Waals surface area (Å²) >= 11 is 5.99. The molecule has 172 valence electrons. The first kappa shape index (κ1) is 23.1. The number of rotatable bonds is 7. The minimum atomic E-state index is -1.04. The van der Waals surface area contributed by atoms with Crippen molar-refractivity contribution in [1.82, 2.24) is 0 Å². The third-order valence-electron chi connectivity index (χ3n) is 5.21. The van der Waals surface area contributed by atoms with Gasteiger partial charge in [-0.15, -0.1) is 0 Å². The number of anilines is 3. The number of benzene rings is 3. The minimum absolute atomic E-state index is 0.237. The summed E-state index contributed by atoms with van der Waals surface area (Å²) < 4.78 is 5.48. The van der Waals surface area contributed by atoms with Crippen molar-refractivity contribution in [3.05, 3.63) is 96.0 Å². The smallest absolute Gasteiger partial charge is 0.259 e. The van der Waals surface area contributed by atoms with Gasteiger partial charge in [-0.05, 0) is 54.6 Å². The summed E-state index contributed by atoms with van der Waals surface area (Å²) in [5.74, 6) is -0.684. The molecule has 0 unspecified atom stereocenters. The standard InChI is InChI=1S/C26H22ClN3O4/c1-2-14-34-20-12-10-17(11-13-20)26(33)30-22-9-4-3-8-21(22)29-25(32)23(30)16-24(31)28-19-7-5-6-18(27)15-19/h2-13,15,23H,1,14,16H2,(H,28,31)(H,29,32)/t23-/m1/s1. The molecule has 2 N–H and O–H groups in total. The number of nitrogens with one attached hydrogen (secondary N) is 2. The summed E-state index contributed by atoms with van der Waals surface area (Å²) in [4.78, 5) is 40.7. The van der Waals surface area contributed by atoms with Crippen molar-refractivity contribution in [2.45, 2.75) is 12.5 Å². The van der Waals surface area contributed by atoms with Crippen molar-refractivity contribution in [1.29, 1.82) is 0 Å². The van der Waals surface area contributed by atoms with Gasteiger partial charge in [0.15, 0.2) is 0 Å². The summed E-state index contributed by atoms with van der Waals surface area (Å²) in [6.07, 6.45) is 1.39. The van der Waals surface area contributed by atoms with Crippen LogP contribution in [0.5, 0.6) is 5.75 Å². The van der Waals surface area contributed by atoms with Crippen LogP contribution in [-0.2, 0) is 9.59 Å². The second-order valence-corrected chi connectivity index (χ2v) is 8.02. The lowest BCUT2D eigenvalue weighted by Gasteiger charge is -2.36. The molecule has 1 atom stereocenters. The molecule has 0 saturated carbocycles. The first-order chi connectivity index (χ1) is 16.5. The van der Waals surface area contributed by atoms with Gasteiger partial charge in [-0.2, -0.15) is 0 Å². The van der Waals surface area contributed by atoms with Crippen molar-refractivity contribution in [3.63, 3.8) is 0 Å². The molecular weight excluding hydrogens is 454 g/mol. The molecular formula is C26H22ClN3O4. The normalized spacial score (nSPS) is 14.6. The Balaban J connectivity index is 1.61. The van der Waals surface area contributed by atoms with Crippen LogP contribution in [0.3, 0.4) is 0 Å². The lowest BCUT2D eigenvalue weighted by Crippen LogP contribution is -2.52. The zero-order valence-electron chi connectivity index (χ0n) is 18.2. The molecule has 0 spiro atoms. The quantitative estimate of drug-likeness (QED) is 0.476. The van der Waals surface area contributed by atoms with E-state index in [0.717, 1.165) is 0 Å². The Hall–Kier alpha value is -4.10. The van der Waals surface area contributed by atoms with E-state index in [9.17, 15) is 14.4 Å². The fourth-order valence-corrected chi connectivity index (χ4v) is 3.86. The largest absolute Gasteiger partial charge is 0.490 e. The van der Waals surface area contributed by atoms with Crippen LogP contribution in [-0.4, -0.2) is 30.4 Å². The van der Waals surface area contributed by atoms with E-state index in [2.05, 4.69) is 17.2 Å². The molecule has 0 aliphatic carbocycles. The first-order valence-electron chi connectivity index (χ1n) is 10.6. The van der Waals surface area contributed by atoms with Gasteiger partial charge >= 0.3 is 0 Å². The number of ether oxygens (including phenoxy) is 1. The van der Waals surface area contributed by atoms with Crippen LogP contribution >= 0.6 is 11.6 Å². The third kappa shape index (κ3) is 5.10. The van der Waals surface area contributed by atoms with Gasteiger partial charge in [-0.3, -0.25) is 19.3 Å². The molecule has 0 saturated heterocycles. The van der Waals surface area contributed by atoms with Crippen LogP contribution in [0, 0.1) is 0 Å². The van der Waals surface area contributed by atoms with Crippen LogP contribution in [0.25, 0.3) is 0 Å². The maximum absolute atomic E-state index is 13.6.